The van der Waals surface area contributed by atoms with E-state index >= 15 is 0 Å². The molecule has 1 fully saturated rings. The van der Waals surface area contributed by atoms with Gasteiger partial charge in [-0.3, -0.25) is 9.69 Å². The first-order valence-electron chi connectivity index (χ1n) is 8.97. The van der Waals surface area contributed by atoms with Crippen LogP contribution in [0.3, 0.4) is 0 Å². The molecule has 1 aliphatic rings. The van der Waals surface area contributed by atoms with Crippen molar-refractivity contribution < 1.29 is 4.79 Å². The predicted octanol–water partition coefficient (Wildman–Crippen LogP) is 4.35. The van der Waals surface area contributed by atoms with Crippen LogP contribution in [0.5, 0.6) is 0 Å². The van der Waals surface area contributed by atoms with E-state index in [-0.39, 0.29) is 17.4 Å². The number of hydrogen-bond donors (Lipinski definition) is 0. The zero-order valence-corrected chi connectivity index (χ0v) is 15.7. The smallest absolute Gasteiger partial charge is 0.226 e. The lowest BCUT2D eigenvalue weighted by Gasteiger charge is -2.42. The van der Waals surface area contributed by atoms with Crippen molar-refractivity contribution >= 4 is 5.91 Å². The van der Waals surface area contributed by atoms with Crippen molar-refractivity contribution in [1.29, 1.82) is 0 Å². The summed E-state index contributed by atoms with van der Waals surface area (Å²) < 4.78 is 0. The molecule has 0 N–H and O–H groups in total. The third kappa shape index (κ3) is 4.10. The third-order valence-electron chi connectivity index (χ3n) is 4.92. The van der Waals surface area contributed by atoms with E-state index in [1.54, 1.807) is 0 Å². The molecule has 0 saturated carbocycles. The maximum Gasteiger partial charge on any atom is 0.226 e. The fourth-order valence-corrected chi connectivity index (χ4v) is 3.34. The summed E-state index contributed by atoms with van der Waals surface area (Å²) in [5.41, 5.74) is 4.03. The van der Waals surface area contributed by atoms with Gasteiger partial charge in [-0.1, -0.05) is 75.4 Å². The lowest BCUT2D eigenvalue weighted by molar-refractivity contribution is -0.149. The highest BCUT2D eigenvalue weighted by Crippen LogP contribution is 2.34. The third-order valence-corrected chi connectivity index (χ3v) is 4.92. The molecule has 25 heavy (non-hydrogen) atoms. The molecule has 1 atom stereocenters. The van der Waals surface area contributed by atoms with E-state index in [0.717, 1.165) is 6.54 Å². The Kier molecular flexibility index (Phi) is 4.96. The van der Waals surface area contributed by atoms with Crippen molar-refractivity contribution in [3.8, 4) is 0 Å². The Morgan fingerprint density at radius 2 is 1.68 bits per heavy atom. The quantitative estimate of drug-likeness (QED) is 0.758. The fourth-order valence-electron chi connectivity index (χ4n) is 3.34. The highest BCUT2D eigenvalue weighted by atomic mass is 16.2. The van der Waals surface area contributed by atoms with Crippen LogP contribution in [-0.4, -0.2) is 29.4 Å². The first kappa shape index (κ1) is 17.7. The second-order valence-electron chi connectivity index (χ2n) is 8.10. The van der Waals surface area contributed by atoms with Crippen LogP contribution in [0.1, 0.15) is 49.9 Å². The van der Waals surface area contributed by atoms with Gasteiger partial charge in [-0.2, -0.15) is 0 Å². The van der Waals surface area contributed by atoms with Gasteiger partial charge in [-0.05, 0) is 29.2 Å². The van der Waals surface area contributed by atoms with Crippen molar-refractivity contribution in [2.24, 2.45) is 0 Å². The molecule has 3 heteroatoms. The van der Waals surface area contributed by atoms with Gasteiger partial charge in [0.25, 0.3) is 0 Å². The first-order valence-corrected chi connectivity index (χ1v) is 8.97. The minimum atomic E-state index is 0.178. The SMILES string of the molecule is CN(Cc1ccc(C(C)(C)C)cc1)CN1C(=O)C[C@H]1c1ccccc1. The summed E-state index contributed by atoms with van der Waals surface area (Å²) >= 11 is 0. The summed E-state index contributed by atoms with van der Waals surface area (Å²) in [7, 11) is 2.07. The Balaban J connectivity index is 1.60. The number of likely N-dealkylation sites (tertiary alicyclic amines) is 1. The zero-order valence-electron chi connectivity index (χ0n) is 15.7. The zero-order chi connectivity index (χ0) is 18.0. The van der Waals surface area contributed by atoms with Crippen LogP contribution in [0.25, 0.3) is 0 Å². The van der Waals surface area contributed by atoms with E-state index in [4.69, 9.17) is 0 Å². The molecule has 3 nitrogen and oxygen atoms in total. The number of nitrogens with zero attached hydrogens (tertiary/aromatic N) is 2. The molecule has 0 aromatic heterocycles. The summed E-state index contributed by atoms with van der Waals surface area (Å²) in [5, 5.41) is 0. The average molecular weight is 336 g/mol. The van der Waals surface area contributed by atoms with E-state index < -0.39 is 0 Å². The molecule has 0 spiro atoms. The second-order valence-corrected chi connectivity index (χ2v) is 8.10. The van der Waals surface area contributed by atoms with Crippen LogP contribution in [0.15, 0.2) is 54.6 Å². The lowest BCUT2D eigenvalue weighted by atomic mass is 9.87. The molecule has 2 aromatic rings. The first-order chi connectivity index (χ1) is 11.8. The van der Waals surface area contributed by atoms with Crippen molar-refractivity contribution in [2.75, 3.05) is 13.7 Å². The van der Waals surface area contributed by atoms with Crippen LogP contribution in [0.4, 0.5) is 0 Å². The molecule has 1 heterocycles. The largest absolute Gasteiger partial charge is 0.322 e. The Morgan fingerprint density at radius 3 is 2.24 bits per heavy atom. The predicted molar refractivity (Wildman–Crippen MR) is 102 cm³/mol. The van der Waals surface area contributed by atoms with E-state index in [2.05, 4.69) is 69.1 Å². The molecule has 2 aromatic carbocycles. The molecule has 0 bridgehead atoms. The standard InChI is InChI=1S/C22H28N2O/c1-22(2,3)19-12-10-17(11-13-19)15-23(4)16-24-20(14-21(24)25)18-8-6-5-7-9-18/h5-13,20H,14-16H2,1-4H3/t20-/m0/s1. The summed E-state index contributed by atoms with van der Waals surface area (Å²) in [6.45, 7) is 8.20. The molecule has 3 rings (SSSR count). The molecule has 1 amide bonds. The van der Waals surface area contributed by atoms with Crippen LogP contribution in [0.2, 0.25) is 0 Å². The van der Waals surface area contributed by atoms with Gasteiger partial charge >= 0.3 is 0 Å². The number of benzene rings is 2. The van der Waals surface area contributed by atoms with Crippen molar-refractivity contribution in [2.45, 2.75) is 45.2 Å². The van der Waals surface area contributed by atoms with Gasteiger partial charge in [-0.15, -0.1) is 0 Å². The molecule has 0 unspecified atom stereocenters. The van der Waals surface area contributed by atoms with Crippen molar-refractivity contribution in [3.05, 3.63) is 71.3 Å². The molecule has 0 aliphatic carbocycles. The number of hydrogen-bond acceptors (Lipinski definition) is 2. The van der Waals surface area contributed by atoms with Gasteiger partial charge < -0.3 is 4.90 Å². The van der Waals surface area contributed by atoms with Crippen LogP contribution < -0.4 is 0 Å². The number of rotatable bonds is 5. The number of amides is 1. The molecular formula is C22H28N2O. The minimum absolute atomic E-state index is 0.178. The van der Waals surface area contributed by atoms with Crippen LogP contribution in [0, 0.1) is 0 Å². The maximum absolute atomic E-state index is 12.1. The van der Waals surface area contributed by atoms with Crippen LogP contribution >= 0.6 is 0 Å². The summed E-state index contributed by atoms with van der Waals surface area (Å²) in [4.78, 5) is 16.2. The summed E-state index contributed by atoms with van der Waals surface area (Å²) in [5.74, 6) is 0.240. The van der Waals surface area contributed by atoms with E-state index in [9.17, 15) is 4.79 Å². The Hall–Kier alpha value is -2.13. The van der Waals surface area contributed by atoms with Gasteiger partial charge in [0.1, 0.15) is 0 Å². The number of carbonyl (C=O) groups excluding carboxylic acids is 1. The Bertz CT molecular complexity index is 716. The molecular weight excluding hydrogens is 308 g/mol. The van der Waals surface area contributed by atoms with Gasteiger partial charge in [-0.25, -0.2) is 0 Å². The topological polar surface area (TPSA) is 23.6 Å². The molecule has 0 radical (unpaired) electrons. The van der Waals surface area contributed by atoms with E-state index in [0.29, 0.717) is 13.1 Å². The monoisotopic (exact) mass is 336 g/mol. The normalized spacial score (nSPS) is 17.7. The highest BCUT2D eigenvalue weighted by molar-refractivity contribution is 5.83. The molecule has 1 saturated heterocycles. The number of β-lactam (4-membered cyclic amide) rings is 1. The van der Waals surface area contributed by atoms with E-state index in [1.807, 2.05) is 23.1 Å². The Labute approximate surface area is 151 Å². The van der Waals surface area contributed by atoms with Crippen molar-refractivity contribution in [3.63, 3.8) is 0 Å². The van der Waals surface area contributed by atoms with Crippen molar-refractivity contribution in [1.82, 2.24) is 9.80 Å². The van der Waals surface area contributed by atoms with Gasteiger partial charge in [0.2, 0.25) is 5.91 Å². The molecule has 1 aliphatic heterocycles. The highest BCUT2D eigenvalue weighted by Gasteiger charge is 2.37. The minimum Gasteiger partial charge on any atom is -0.322 e. The van der Waals surface area contributed by atoms with E-state index in [1.165, 1.54) is 16.7 Å². The Morgan fingerprint density at radius 1 is 1.04 bits per heavy atom. The van der Waals surface area contributed by atoms with Gasteiger partial charge in [0, 0.05) is 6.54 Å². The van der Waals surface area contributed by atoms with Gasteiger partial charge in [0.15, 0.2) is 0 Å². The summed E-state index contributed by atoms with van der Waals surface area (Å²) in [6, 6.07) is 19.3. The molecule has 132 valence electrons. The van der Waals surface area contributed by atoms with Gasteiger partial charge in [0.05, 0.1) is 19.1 Å². The lowest BCUT2D eigenvalue weighted by Crippen LogP contribution is -2.50. The average Bonchev–Trinajstić information content (AvgIpc) is 2.58. The maximum atomic E-state index is 12.1. The van der Waals surface area contributed by atoms with Crippen LogP contribution in [-0.2, 0) is 16.8 Å². The fraction of sp³-hybridized carbons (Fsp3) is 0.409. The summed E-state index contributed by atoms with van der Waals surface area (Å²) in [6.07, 6.45) is 0.623. The second kappa shape index (κ2) is 7.01. The number of carbonyl (C=O) groups is 1.